The van der Waals surface area contributed by atoms with E-state index in [0.717, 1.165) is 0 Å². The maximum Gasteiger partial charge on any atom is 0.338 e. The Balaban J connectivity index is 1.98. The van der Waals surface area contributed by atoms with E-state index in [4.69, 9.17) is 23.7 Å². The molecule has 1 aliphatic carbocycles. The molecule has 0 saturated heterocycles. The van der Waals surface area contributed by atoms with Gasteiger partial charge in [-0.1, -0.05) is 18.2 Å². The SMILES string of the molecule is COC(=O)C1=C2C[C@H](OC(=O)c3ccccc3)[C@](C)(O)[C@H]2[C@H](OC)O[C@@H]1OC. The Bertz CT molecular complexity index is 770. The second-order valence-corrected chi connectivity index (χ2v) is 6.91. The van der Waals surface area contributed by atoms with Crippen LogP contribution in [0.3, 0.4) is 0 Å². The Kier molecular flexibility index (Phi) is 5.85. The van der Waals surface area contributed by atoms with Gasteiger partial charge in [-0.15, -0.1) is 0 Å². The van der Waals surface area contributed by atoms with Gasteiger partial charge in [-0.25, -0.2) is 9.59 Å². The van der Waals surface area contributed by atoms with E-state index in [2.05, 4.69) is 0 Å². The van der Waals surface area contributed by atoms with Crippen molar-refractivity contribution in [3.05, 3.63) is 47.0 Å². The van der Waals surface area contributed by atoms with Gasteiger partial charge < -0.3 is 28.8 Å². The van der Waals surface area contributed by atoms with Crippen molar-refractivity contribution < 1.29 is 38.4 Å². The largest absolute Gasteiger partial charge is 0.466 e. The molecule has 1 aliphatic heterocycles. The van der Waals surface area contributed by atoms with Crippen LogP contribution in [0.4, 0.5) is 0 Å². The standard InChI is InChI=1S/C20H24O8/c1-20(23)13(27-16(21)11-8-6-5-7-9-11)10-12-14(17(22)24-2)18(25-3)28-19(26-4)15(12)20/h5-9,13,15,18-19,23H,10H2,1-4H3/t13-,15+,18-,19+,20-/m0/s1. The molecule has 152 valence electrons. The van der Waals surface area contributed by atoms with Gasteiger partial charge in [0.25, 0.3) is 0 Å². The number of rotatable bonds is 5. The molecular formula is C20H24O8. The van der Waals surface area contributed by atoms with E-state index in [1.165, 1.54) is 28.3 Å². The molecule has 28 heavy (non-hydrogen) atoms. The fraction of sp³-hybridized carbons (Fsp3) is 0.500. The highest BCUT2D eigenvalue weighted by atomic mass is 16.8. The Hall–Kier alpha value is -2.26. The van der Waals surface area contributed by atoms with E-state index in [9.17, 15) is 14.7 Å². The molecular weight excluding hydrogens is 368 g/mol. The summed E-state index contributed by atoms with van der Waals surface area (Å²) in [5.74, 6) is -1.93. The Morgan fingerprint density at radius 2 is 1.79 bits per heavy atom. The number of hydrogen-bond donors (Lipinski definition) is 1. The van der Waals surface area contributed by atoms with E-state index >= 15 is 0 Å². The maximum atomic E-state index is 12.5. The van der Waals surface area contributed by atoms with Gasteiger partial charge in [-0.05, 0) is 24.6 Å². The van der Waals surface area contributed by atoms with E-state index in [0.29, 0.717) is 11.1 Å². The number of carbonyl (C=O) groups is 2. The fourth-order valence-corrected chi connectivity index (χ4v) is 3.86. The third-order valence-electron chi connectivity index (χ3n) is 5.28. The highest BCUT2D eigenvalue weighted by Crippen LogP contribution is 2.49. The van der Waals surface area contributed by atoms with Crippen molar-refractivity contribution in [2.75, 3.05) is 21.3 Å². The molecule has 0 unspecified atom stereocenters. The molecule has 0 spiro atoms. The average Bonchev–Trinajstić information content (AvgIpc) is 2.97. The third-order valence-corrected chi connectivity index (χ3v) is 5.28. The molecule has 0 radical (unpaired) electrons. The molecule has 1 heterocycles. The van der Waals surface area contributed by atoms with Crippen molar-refractivity contribution in [3.8, 4) is 0 Å². The summed E-state index contributed by atoms with van der Waals surface area (Å²) in [6, 6.07) is 8.48. The lowest BCUT2D eigenvalue weighted by atomic mass is 9.85. The van der Waals surface area contributed by atoms with E-state index in [1.807, 2.05) is 0 Å². The summed E-state index contributed by atoms with van der Waals surface area (Å²) >= 11 is 0. The second kappa shape index (κ2) is 8.00. The predicted octanol–water partition coefficient (Wildman–Crippen LogP) is 1.43. The number of aliphatic hydroxyl groups is 1. The van der Waals surface area contributed by atoms with Crippen LogP contribution in [0.5, 0.6) is 0 Å². The summed E-state index contributed by atoms with van der Waals surface area (Å²) in [5.41, 5.74) is -0.475. The first kappa shape index (κ1) is 20.5. The summed E-state index contributed by atoms with van der Waals surface area (Å²) in [6.45, 7) is 1.53. The maximum absolute atomic E-state index is 12.5. The zero-order chi connectivity index (χ0) is 20.5. The van der Waals surface area contributed by atoms with Gasteiger partial charge in [-0.2, -0.15) is 0 Å². The second-order valence-electron chi connectivity index (χ2n) is 6.91. The van der Waals surface area contributed by atoms with E-state index in [1.54, 1.807) is 30.3 Å². The van der Waals surface area contributed by atoms with Crippen molar-refractivity contribution >= 4 is 11.9 Å². The molecule has 0 bridgehead atoms. The lowest BCUT2D eigenvalue weighted by Gasteiger charge is -2.39. The lowest BCUT2D eigenvalue weighted by Crippen LogP contribution is -2.51. The van der Waals surface area contributed by atoms with Crippen LogP contribution in [0.2, 0.25) is 0 Å². The number of ether oxygens (including phenoxy) is 5. The molecule has 1 saturated carbocycles. The number of fused-ring (bicyclic) bond motifs is 1. The first-order valence-electron chi connectivity index (χ1n) is 8.85. The van der Waals surface area contributed by atoms with Crippen molar-refractivity contribution in [1.29, 1.82) is 0 Å². The Labute approximate surface area is 163 Å². The number of esters is 2. The topological polar surface area (TPSA) is 101 Å². The summed E-state index contributed by atoms with van der Waals surface area (Å²) in [7, 11) is 4.07. The number of hydrogen-bond acceptors (Lipinski definition) is 8. The Morgan fingerprint density at radius 3 is 2.36 bits per heavy atom. The smallest absolute Gasteiger partial charge is 0.338 e. The number of benzene rings is 1. The number of carbonyl (C=O) groups excluding carboxylic acids is 2. The number of methoxy groups -OCH3 is 3. The molecule has 5 atom stereocenters. The monoisotopic (exact) mass is 392 g/mol. The van der Waals surface area contributed by atoms with Gasteiger partial charge in [0.05, 0.1) is 24.2 Å². The van der Waals surface area contributed by atoms with Crippen LogP contribution < -0.4 is 0 Å². The van der Waals surface area contributed by atoms with Crippen molar-refractivity contribution in [3.63, 3.8) is 0 Å². The summed E-state index contributed by atoms with van der Waals surface area (Å²) in [4.78, 5) is 24.9. The first-order valence-corrected chi connectivity index (χ1v) is 8.85. The minimum atomic E-state index is -1.53. The average molecular weight is 392 g/mol. The summed E-state index contributed by atoms with van der Waals surface area (Å²) in [6.07, 6.45) is -2.67. The molecule has 1 aromatic rings. The molecule has 1 aromatic carbocycles. The summed E-state index contributed by atoms with van der Waals surface area (Å²) < 4.78 is 26.8. The van der Waals surface area contributed by atoms with Crippen LogP contribution in [-0.2, 0) is 28.5 Å². The molecule has 0 amide bonds. The van der Waals surface area contributed by atoms with Crippen LogP contribution in [0.25, 0.3) is 0 Å². The molecule has 1 fully saturated rings. The molecule has 3 rings (SSSR count). The van der Waals surface area contributed by atoms with Gasteiger partial charge in [0.15, 0.2) is 12.6 Å². The molecule has 8 nitrogen and oxygen atoms in total. The van der Waals surface area contributed by atoms with Crippen LogP contribution in [0, 0.1) is 5.92 Å². The van der Waals surface area contributed by atoms with Gasteiger partial charge in [0, 0.05) is 20.6 Å². The zero-order valence-electron chi connectivity index (χ0n) is 16.2. The quantitative estimate of drug-likeness (QED) is 0.751. The van der Waals surface area contributed by atoms with Gasteiger partial charge in [0.2, 0.25) is 0 Å². The first-order chi connectivity index (χ1) is 13.3. The van der Waals surface area contributed by atoms with Gasteiger partial charge >= 0.3 is 11.9 Å². The van der Waals surface area contributed by atoms with Gasteiger partial charge in [-0.3, -0.25) is 0 Å². The van der Waals surface area contributed by atoms with Crippen LogP contribution in [0.1, 0.15) is 23.7 Å². The van der Waals surface area contributed by atoms with Gasteiger partial charge in [0.1, 0.15) is 11.7 Å². The molecule has 2 aliphatic rings. The van der Waals surface area contributed by atoms with Crippen LogP contribution >= 0.6 is 0 Å². The van der Waals surface area contributed by atoms with Crippen molar-refractivity contribution in [2.45, 2.75) is 37.6 Å². The lowest BCUT2D eigenvalue weighted by molar-refractivity contribution is -0.260. The predicted molar refractivity (Wildman–Crippen MR) is 96.1 cm³/mol. The van der Waals surface area contributed by atoms with Crippen molar-refractivity contribution in [2.24, 2.45) is 5.92 Å². The molecule has 0 aromatic heterocycles. The van der Waals surface area contributed by atoms with Crippen LogP contribution in [0.15, 0.2) is 41.5 Å². The third kappa shape index (κ3) is 3.44. The molecule has 1 N–H and O–H groups in total. The van der Waals surface area contributed by atoms with E-state index < -0.39 is 42.1 Å². The summed E-state index contributed by atoms with van der Waals surface area (Å²) in [5, 5.41) is 11.2. The minimum Gasteiger partial charge on any atom is -0.466 e. The molecule has 8 heteroatoms. The zero-order valence-corrected chi connectivity index (χ0v) is 16.2. The normalized spacial score (nSPS) is 32.0. The minimum absolute atomic E-state index is 0.129. The highest BCUT2D eigenvalue weighted by molar-refractivity contribution is 5.91. The van der Waals surface area contributed by atoms with E-state index in [-0.39, 0.29) is 12.0 Å². The van der Waals surface area contributed by atoms with Crippen LogP contribution in [-0.4, -0.2) is 62.7 Å². The fourth-order valence-electron chi connectivity index (χ4n) is 3.86. The highest BCUT2D eigenvalue weighted by Gasteiger charge is 2.59. The Morgan fingerprint density at radius 1 is 1.11 bits per heavy atom. The van der Waals surface area contributed by atoms with Crippen molar-refractivity contribution in [1.82, 2.24) is 0 Å².